The van der Waals surface area contributed by atoms with E-state index in [1.807, 2.05) is 25.1 Å². The third kappa shape index (κ3) is 4.59. The van der Waals surface area contributed by atoms with Crippen molar-refractivity contribution < 1.29 is 14.6 Å². The van der Waals surface area contributed by atoms with E-state index in [9.17, 15) is 4.79 Å². The van der Waals surface area contributed by atoms with Gasteiger partial charge in [-0.25, -0.2) is 0 Å². The van der Waals surface area contributed by atoms with Crippen LogP contribution in [-0.2, 0) is 17.6 Å². The standard InChI is InChI=1S/C24H26ClNO3/c1-15-9-17(12-23(27)28)11-21(25)24(15)29-19-7-8-22-20(13-19)18(14-26-22)10-16-5-3-2-4-6-16/h7-9,11,13-14,16,26H,2-6,10,12H2,1H3,(H,27,28). The average molecular weight is 412 g/mol. The Kier molecular flexibility index (Phi) is 5.81. The minimum absolute atomic E-state index is 0.0549. The number of carboxylic acids is 1. The molecule has 1 aliphatic carbocycles. The summed E-state index contributed by atoms with van der Waals surface area (Å²) in [5.74, 6) is 1.20. The summed E-state index contributed by atoms with van der Waals surface area (Å²) < 4.78 is 6.13. The first-order valence-corrected chi connectivity index (χ1v) is 10.7. The zero-order valence-corrected chi connectivity index (χ0v) is 17.4. The van der Waals surface area contributed by atoms with Gasteiger partial charge in [-0.3, -0.25) is 4.79 Å². The van der Waals surface area contributed by atoms with Gasteiger partial charge in [0.05, 0.1) is 11.4 Å². The Morgan fingerprint density at radius 1 is 1.21 bits per heavy atom. The largest absolute Gasteiger partial charge is 0.481 e. The van der Waals surface area contributed by atoms with Crippen molar-refractivity contribution >= 4 is 28.5 Å². The quantitative estimate of drug-likeness (QED) is 0.476. The van der Waals surface area contributed by atoms with Gasteiger partial charge in [-0.15, -0.1) is 0 Å². The fourth-order valence-electron chi connectivity index (χ4n) is 4.42. The van der Waals surface area contributed by atoms with Crippen LogP contribution in [-0.4, -0.2) is 16.1 Å². The van der Waals surface area contributed by atoms with Gasteiger partial charge in [-0.05, 0) is 60.2 Å². The van der Waals surface area contributed by atoms with Crippen LogP contribution in [0.5, 0.6) is 11.5 Å². The highest BCUT2D eigenvalue weighted by molar-refractivity contribution is 6.32. The third-order valence-corrected chi connectivity index (χ3v) is 6.12. The number of nitrogens with one attached hydrogen (secondary N) is 1. The Bertz CT molecular complexity index is 1010. The molecule has 2 aromatic carbocycles. The van der Waals surface area contributed by atoms with Crippen molar-refractivity contribution in [3.8, 4) is 11.5 Å². The van der Waals surface area contributed by atoms with Gasteiger partial charge < -0.3 is 14.8 Å². The van der Waals surface area contributed by atoms with Crippen molar-refractivity contribution in [3.05, 3.63) is 58.2 Å². The summed E-state index contributed by atoms with van der Waals surface area (Å²) in [5, 5.41) is 10.6. The molecule has 5 heteroatoms. The molecule has 0 saturated heterocycles. The van der Waals surface area contributed by atoms with E-state index in [2.05, 4.69) is 17.2 Å². The van der Waals surface area contributed by atoms with Crippen LogP contribution in [0.25, 0.3) is 10.9 Å². The van der Waals surface area contributed by atoms with Crippen LogP contribution in [0.15, 0.2) is 36.5 Å². The van der Waals surface area contributed by atoms with Gasteiger partial charge in [-0.2, -0.15) is 0 Å². The molecule has 0 spiro atoms. The SMILES string of the molecule is Cc1cc(CC(=O)O)cc(Cl)c1Oc1ccc2[nH]cc(CC3CCCCC3)c2c1. The third-order valence-electron chi connectivity index (χ3n) is 5.84. The number of H-pyrrole nitrogens is 1. The number of hydrogen-bond acceptors (Lipinski definition) is 2. The minimum atomic E-state index is -0.877. The molecule has 1 heterocycles. The molecule has 0 amide bonds. The van der Waals surface area contributed by atoms with Crippen LogP contribution in [0.2, 0.25) is 5.02 Å². The molecule has 1 aromatic heterocycles. The van der Waals surface area contributed by atoms with Crippen molar-refractivity contribution in [1.29, 1.82) is 0 Å². The number of rotatable bonds is 6. The lowest BCUT2D eigenvalue weighted by atomic mass is 9.85. The van der Waals surface area contributed by atoms with E-state index < -0.39 is 5.97 Å². The summed E-state index contributed by atoms with van der Waals surface area (Å²) in [7, 11) is 0. The number of aromatic nitrogens is 1. The molecule has 1 aliphatic rings. The Morgan fingerprint density at radius 2 is 2.00 bits per heavy atom. The second kappa shape index (κ2) is 8.50. The highest BCUT2D eigenvalue weighted by atomic mass is 35.5. The van der Waals surface area contributed by atoms with Gasteiger partial charge in [0.2, 0.25) is 0 Å². The molecule has 2 N–H and O–H groups in total. The first kappa shape index (κ1) is 19.8. The molecular weight excluding hydrogens is 386 g/mol. The second-order valence-electron chi connectivity index (χ2n) is 8.13. The Morgan fingerprint density at radius 3 is 2.72 bits per heavy atom. The monoisotopic (exact) mass is 411 g/mol. The zero-order chi connectivity index (χ0) is 20.4. The van der Waals surface area contributed by atoms with Gasteiger partial charge in [-0.1, -0.05) is 49.8 Å². The lowest BCUT2D eigenvalue weighted by Gasteiger charge is -2.21. The van der Waals surface area contributed by atoms with Crippen molar-refractivity contribution in [2.24, 2.45) is 5.92 Å². The maximum atomic E-state index is 11.0. The number of hydrogen-bond donors (Lipinski definition) is 2. The number of aromatic amines is 1. The fraction of sp³-hybridized carbons (Fsp3) is 0.375. The lowest BCUT2D eigenvalue weighted by molar-refractivity contribution is -0.136. The predicted octanol–water partition coefficient (Wildman–Crippen LogP) is 6.67. The molecule has 0 aliphatic heterocycles. The van der Waals surface area contributed by atoms with Crippen LogP contribution in [0.3, 0.4) is 0 Å². The molecule has 0 atom stereocenters. The summed E-state index contributed by atoms with van der Waals surface area (Å²) in [5.41, 5.74) is 3.95. The van der Waals surface area contributed by atoms with Gasteiger partial charge in [0, 0.05) is 17.1 Å². The second-order valence-corrected chi connectivity index (χ2v) is 8.53. The number of aryl methyl sites for hydroxylation is 1. The minimum Gasteiger partial charge on any atom is -0.481 e. The van der Waals surface area contributed by atoms with E-state index >= 15 is 0 Å². The first-order valence-electron chi connectivity index (χ1n) is 10.3. The van der Waals surface area contributed by atoms with E-state index in [-0.39, 0.29) is 6.42 Å². The maximum absolute atomic E-state index is 11.0. The topological polar surface area (TPSA) is 62.3 Å². The van der Waals surface area contributed by atoms with Crippen LogP contribution in [0, 0.1) is 12.8 Å². The van der Waals surface area contributed by atoms with E-state index in [4.69, 9.17) is 21.4 Å². The molecule has 0 radical (unpaired) electrons. The van der Waals surface area contributed by atoms with Crippen molar-refractivity contribution in [2.45, 2.75) is 51.9 Å². The number of benzene rings is 2. The first-order chi connectivity index (χ1) is 14.0. The van der Waals surface area contributed by atoms with Gasteiger partial charge in [0.1, 0.15) is 11.5 Å². The summed E-state index contributed by atoms with van der Waals surface area (Å²) in [6, 6.07) is 9.53. The summed E-state index contributed by atoms with van der Waals surface area (Å²) in [6.45, 7) is 1.88. The summed E-state index contributed by atoms with van der Waals surface area (Å²) in [4.78, 5) is 14.3. The van der Waals surface area contributed by atoms with Gasteiger partial charge in [0.15, 0.2) is 0 Å². The zero-order valence-electron chi connectivity index (χ0n) is 16.6. The highest BCUT2D eigenvalue weighted by Gasteiger charge is 2.17. The molecule has 152 valence electrons. The molecule has 0 unspecified atom stereocenters. The van der Waals surface area contributed by atoms with E-state index in [1.165, 1.54) is 43.1 Å². The Hall–Kier alpha value is -2.46. The number of carboxylic acid groups (broad SMARTS) is 1. The number of aliphatic carboxylic acids is 1. The molecule has 1 fully saturated rings. The Balaban J connectivity index is 1.58. The van der Waals surface area contributed by atoms with Crippen molar-refractivity contribution in [3.63, 3.8) is 0 Å². The summed E-state index contributed by atoms with van der Waals surface area (Å²) >= 11 is 6.40. The normalized spacial score (nSPS) is 15.0. The molecular formula is C24H26ClNO3. The number of halogens is 1. The molecule has 0 bridgehead atoms. The van der Waals surface area contributed by atoms with Crippen molar-refractivity contribution in [1.82, 2.24) is 4.98 Å². The van der Waals surface area contributed by atoms with Crippen molar-refractivity contribution in [2.75, 3.05) is 0 Å². The predicted molar refractivity (Wildman–Crippen MR) is 116 cm³/mol. The van der Waals surface area contributed by atoms with E-state index in [1.54, 1.807) is 6.07 Å². The Labute approximate surface area is 175 Å². The van der Waals surface area contributed by atoms with E-state index in [0.29, 0.717) is 16.3 Å². The number of carbonyl (C=O) groups is 1. The fourth-order valence-corrected chi connectivity index (χ4v) is 4.75. The van der Waals surface area contributed by atoms with Crippen LogP contribution in [0.1, 0.15) is 48.8 Å². The van der Waals surface area contributed by atoms with Crippen LogP contribution >= 0.6 is 11.6 Å². The van der Waals surface area contributed by atoms with Gasteiger partial charge >= 0.3 is 5.97 Å². The highest BCUT2D eigenvalue weighted by Crippen LogP contribution is 2.36. The lowest BCUT2D eigenvalue weighted by Crippen LogP contribution is -2.08. The molecule has 1 saturated carbocycles. The summed E-state index contributed by atoms with van der Waals surface area (Å²) in [6.07, 6.45) is 9.87. The molecule has 29 heavy (non-hydrogen) atoms. The number of ether oxygens (including phenoxy) is 1. The average Bonchev–Trinajstić information content (AvgIpc) is 3.07. The van der Waals surface area contributed by atoms with Crippen LogP contribution in [0.4, 0.5) is 0 Å². The van der Waals surface area contributed by atoms with Crippen LogP contribution < -0.4 is 4.74 Å². The maximum Gasteiger partial charge on any atom is 0.307 e. The molecule has 4 nitrogen and oxygen atoms in total. The number of fused-ring (bicyclic) bond motifs is 1. The molecule has 4 rings (SSSR count). The van der Waals surface area contributed by atoms with E-state index in [0.717, 1.165) is 29.2 Å². The smallest absolute Gasteiger partial charge is 0.307 e. The van der Waals surface area contributed by atoms with Gasteiger partial charge in [0.25, 0.3) is 0 Å². The molecule has 3 aromatic rings.